The third kappa shape index (κ3) is 2.35. The van der Waals surface area contributed by atoms with Crippen molar-refractivity contribution in [3.63, 3.8) is 0 Å². The number of carbonyl (C=O) groups is 1. The number of benzene rings is 1. The first-order chi connectivity index (χ1) is 8.96. The van der Waals surface area contributed by atoms with E-state index < -0.39 is 9.84 Å². The predicted molar refractivity (Wildman–Crippen MR) is 73.2 cm³/mol. The van der Waals surface area contributed by atoms with Crippen LogP contribution in [0.15, 0.2) is 24.3 Å². The van der Waals surface area contributed by atoms with E-state index in [0.717, 1.165) is 0 Å². The maximum atomic E-state index is 12.1. The molecule has 0 radical (unpaired) electrons. The van der Waals surface area contributed by atoms with Gasteiger partial charge in [0.05, 0.1) is 24.1 Å². The first-order valence-electron chi connectivity index (χ1n) is 5.98. The van der Waals surface area contributed by atoms with Crippen molar-refractivity contribution in [2.75, 3.05) is 23.0 Å². The fourth-order valence-electron chi connectivity index (χ4n) is 2.70. The Hall–Kier alpha value is -1.11. The van der Waals surface area contributed by atoms with Crippen LogP contribution in [0, 0.1) is 0 Å². The number of carbonyl (C=O) groups excluding carboxylic acids is 1. The van der Waals surface area contributed by atoms with Crippen LogP contribution in [0.4, 0.5) is 5.69 Å². The van der Waals surface area contributed by atoms with Crippen LogP contribution in [0.2, 0.25) is 5.02 Å². The highest BCUT2D eigenvalue weighted by molar-refractivity contribution is 7.91. The summed E-state index contributed by atoms with van der Waals surface area (Å²) in [5.41, 5.74) is 0.697. The Kier molecular flexibility index (Phi) is 3.03. The second kappa shape index (κ2) is 4.47. The zero-order chi connectivity index (χ0) is 13.6. The minimum atomic E-state index is -3.08. The van der Waals surface area contributed by atoms with E-state index in [2.05, 4.69) is 5.32 Å². The molecular formula is C12H13ClN2O3S. The predicted octanol–water partition coefficient (Wildman–Crippen LogP) is 0.442. The molecule has 2 fully saturated rings. The Morgan fingerprint density at radius 3 is 2.58 bits per heavy atom. The van der Waals surface area contributed by atoms with Gasteiger partial charge in [0, 0.05) is 16.8 Å². The van der Waals surface area contributed by atoms with Gasteiger partial charge >= 0.3 is 0 Å². The molecule has 2 heterocycles. The number of fused-ring (bicyclic) bond motifs is 1. The number of nitrogens with zero attached hydrogens (tertiary/aromatic N) is 1. The summed E-state index contributed by atoms with van der Waals surface area (Å²) in [6, 6.07) is 6.38. The van der Waals surface area contributed by atoms with Gasteiger partial charge < -0.3 is 10.2 Å². The standard InChI is InChI=1S/C12H13ClN2O3S/c13-8-1-3-9(4-2-8)15-11-7-19(17,18)6-10(11)14-5-12(15)16/h1-4,10-11,14H,5-7H2/t10-,11+/m1/s1. The molecule has 1 aromatic rings. The zero-order valence-corrected chi connectivity index (χ0v) is 11.6. The summed E-state index contributed by atoms with van der Waals surface area (Å²) in [6.07, 6.45) is 0. The molecule has 0 spiro atoms. The van der Waals surface area contributed by atoms with Crippen LogP contribution in [0.1, 0.15) is 0 Å². The maximum absolute atomic E-state index is 12.1. The number of piperazine rings is 1. The van der Waals surface area contributed by atoms with Gasteiger partial charge in [0.2, 0.25) is 5.91 Å². The molecule has 0 saturated carbocycles. The van der Waals surface area contributed by atoms with E-state index in [-0.39, 0.29) is 36.0 Å². The first kappa shape index (κ1) is 12.9. The van der Waals surface area contributed by atoms with E-state index in [4.69, 9.17) is 11.6 Å². The SMILES string of the molecule is O=C1CN[C@@H]2CS(=O)(=O)C[C@@H]2N1c1ccc(Cl)cc1. The van der Waals surface area contributed by atoms with Crippen LogP contribution in [0.25, 0.3) is 0 Å². The summed E-state index contributed by atoms with van der Waals surface area (Å²) in [7, 11) is -3.08. The van der Waals surface area contributed by atoms with Crippen molar-refractivity contribution in [1.29, 1.82) is 0 Å². The highest BCUT2D eigenvalue weighted by Gasteiger charge is 2.45. The lowest BCUT2D eigenvalue weighted by Crippen LogP contribution is -2.60. The highest BCUT2D eigenvalue weighted by Crippen LogP contribution is 2.28. The normalized spacial score (nSPS) is 29.3. The van der Waals surface area contributed by atoms with E-state index >= 15 is 0 Å². The molecule has 2 saturated heterocycles. The van der Waals surface area contributed by atoms with Gasteiger partial charge in [0.25, 0.3) is 0 Å². The van der Waals surface area contributed by atoms with Gasteiger partial charge in [-0.3, -0.25) is 4.79 Å². The van der Waals surface area contributed by atoms with E-state index in [1.54, 1.807) is 29.2 Å². The number of hydrogen-bond donors (Lipinski definition) is 1. The van der Waals surface area contributed by atoms with E-state index in [1.807, 2.05) is 0 Å². The van der Waals surface area contributed by atoms with Crippen molar-refractivity contribution in [2.45, 2.75) is 12.1 Å². The molecule has 0 aromatic heterocycles. The molecule has 7 heteroatoms. The van der Waals surface area contributed by atoms with Gasteiger partial charge in [0.1, 0.15) is 0 Å². The molecule has 5 nitrogen and oxygen atoms in total. The van der Waals surface area contributed by atoms with E-state index in [1.165, 1.54) is 0 Å². The van der Waals surface area contributed by atoms with Crippen molar-refractivity contribution in [2.24, 2.45) is 0 Å². The van der Waals surface area contributed by atoms with Gasteiger partial charge in [-0.2, -0.15) is 0 Å². The van der Waals surface area contributed by atoms with Gasteiger partial charge in [-0.15, -0.1) is 0 Å². The van der Waals surface area contributed by atoms with E-state index in [0.29, 0.717) is 10.7 Å². The van der Waals surface area contributed by atoms with E-state index in [9.17, 15) is 13.2 Å². The molecule has 102 valence electrons. The average molecular weight is 301 g/mol. The summed E-state index contributed by atoms with van der Waals surface area (Å²) >= 11 is 5.83. The number of sulfone groups is 1. The minimum absolute atomic E-state index is 0.0129. The van der Waals surface area contributed by atoms with Crippen LogP contribution in [0.3, 0.4) is 0 Å². The molecule has 19 heavy (non-hydrogen) atoms. The summed E-state index contributed by atoms with van der Waals surface area (Å²) in [4.78, 5) is 13.7. The number of hydrogen-bond acceptors (Lipinski definition) is 4. The molecule has 2 aliphatic rings. The monoisotopic (exact) mass is 300 g/mol. The van der Waals surface area contributed by atoms with Crippen molar-refractivity contribution in [3.05, 3.63) is 29.3 Å². The van der Waals surface area contributed by atoms with Crippen molar-refractivity contribution >= 4 is 33.0 Å². The lowest BCUT2D eigenvalue weighted by molar-refractivity contribution is -0.119. The molecule has 0 aliphatic carbocycles. The number of nitrogens with one attached hydrogen (secondary N) is 1. The quantitative estimate of drug-likeness (QED) is 0.817. The Bertz CT molecular complexity index is 614. The zero-order valence-electron chi connectivity index (χ0n) is 10.0. The van der Waals surface area contributed by atoms with Gasteiger partial charge in [-0.05, 0) is 24.3 Å². The fourth-order valence-corrected chi connectivity index (χ4v) is 4.76. The fraction of sp³-hybridized carbons (Fsp3) is 0.417. The third-order valence-corrected chi connectivity index (χ3v) is 5.51. The largest absolute Gasteiger partial charge is 0.306 e. The molecule has 1 amide bonds. The summed E-state index contributed by atoms with van der Waals surface area (Å²) in [6.45, 7) is 0.166. The molecule has 1 N–H and O–H groups in total. The summed E-state index contributed by atoms with van der Waals surface area (Å²) < 4.78 is 23.5. The Labute approximate surface area is 116 Å². The lowest BCUT2D eigenvalue weighted by atomic mass is 10.1. The van der Waals surface area contributed by atoms with Crippen molar-refractivity contribution in [3.8, 4) is 0 Å². The third-order valence-electron chi connectivity index (χ3n) is 3.54. The molecule has 0 bridgehead atoms. The topological polar surface area (TPSA) is 66.5 Å². The molecule has 2 atom stereocenters. The van der Waals surface area contributed by atoms with Gasteiger partial charge in [-0.25, -0.2) is 8.42 Å². The van der Waals surface area contributed by atoms with Crippen LogP contribution in [0.5, 0.6) is 0 Å². The van der Waals surface area contributed by atoms with Gasteiger partial charge in [-0.1, -0.05) is 11.6 Å². The second-order valence-electron chi connectivity index (χ2n) is 4.87. The molecule has 2 aliphatic heterocycles. The molecule has 1 aromatic carbocycles. The molecular weight excluding hydrogens is 288 g/mol. The lowest BCUT2D eigenvalue weighted by Gasteiger charge is -2.37. The minimum Gasteiger partial charge on any atom is -0.306 e. The maximum Gasteiger partial charge on any atom is 0.241 e. The molecule has 0 unspecified atom stereocenters. The average Bonchev–Trinajstić information content (AvgIpc) is 2.65. The Morgan fingerprint density at radius 2 is 1.89 bits per heavy atom. The number of rotatable bonds is 1. The second-order valence-corrected chi connectivity index (χ2v) is 7.46. The summed E-state index contributed by atoms with van der Waals surface area (Å²) in [5.74, 6) is -0.00526. The van der Waals surface area contributed by atoms with Crippen LogP contribution >= 0.6 is 11.6 Å². The van der Waals surface area contributed by atoms with Crippen LogP contribution < -0.4 is 10.2 Å². The number of anilines is 1. The first-order valence-corrected chi connectivity index (χ1v) is 8.18. The smallest absolute Gasteiger partial charge is 0.241 e. The Balaban J connectivity index is 1.98. The highest BCUT2D eigenvalue weighted by atomic mass is 35.5. The van der Waals surface area contributed by atoms with Gasteiger partial charge in [0.15, 0.2) is 9.84 Å². The Morgan fingerprint density at radius 1 is 1.21 bits per heavy atom. The molecule has 3 rings (SSSR count). The van der Waals surface area contributed by atoms with Crippen molar-refractivity contribution < 1.29 is 13.2 Å². The van der Waals surface area contributed by atoms with Crippen LogP contribution in [-0.2, 0) is 14.6 Å². The number of halogens is 1. The van der Waals surface area contributed by atoms with Crippen molar-refractivity contribution in [1.82, 2.24) is 5.32 Å². The van der Waals surface area contributed by atoms with Crippen LogP contribution in [-0.4, -0.2) is 44.5 Å². The summed E-state index contributed by atoms with van der Waals surface area (Å²) in [5, 5.41) is 3.59. The number of amides is 1.